The average Bonchev–Trinajstić information content (AvgIpc) is 2.73. The minimum atomic E-state index is 0.141. The van der Waals surface area contributed by atoms with Crippen molar-refractivity contribution < 1.29 is 0 Å². The smallest absolute Gasteiger partial charge is 0.0457 e. The third-order valence-corrected chi connectivity index (χ3v) is 3.22. The Bertz CT molecular complexity index is 444. The number of nitrogens with one attached hydrogen (secondary N) is 1. The zero-order valence-corrected chi connectivity index (χ0v) is 9.33. The van der Waals surface area contributed by atoms with E-state index >= 15 is 0 Å². The second-order valence-electron chi connectivity index (χ2n) is 4.24. The largest absolute Gasteiger partial charge is 0.361 e. The van der Waals surface area contributed by atoms with Crippen LogP contribution < -0.4 is 5.73 Å². The predicted octanol–water partition coefficient (Wildman–Crippen LogP) is 3.21. The first-order valence-electron chi connectivity index (χ1n) is 5.55. The number of benzene rings is 1. The third kappa shape index (κ3) is 1.90. The highest BCUT2D eigenvalue weighted by Gasteiger charge is 2.13. The van der Waals surface area contributed by atoms with Crippen LogP contribution in [0.3, 0.4) is 0 Å². The maximum absolute atomic E-state index is 6.19. The molecule has 0 aliphatic carbocycles. The molecule has 1 heterocycles. The molecule has 1 aromatic heterocycles. The van der Waals surface area contributed by atoms with Crippen molar-refractivity contribution in [2.45, 2.75) is 26.3 Å². The molecule has 0 bridgehead atoms. The highest BCUT2D eigenvalue weighted by Crippen LogP contribution is 2.24. The first kappa shape index (κ1) is 10.2. The number of aromatic amines is 1. The molecular weight excluding hydrogens is 184 g/mol. The van der Waals surface area contributed by atoms with Crippen molar-refractivity contribution in [2.75, 3.05) is 0 Å². The molecule has 80 valence electrons. The van der Waals surface area contributed by atoms with Crippen molar-refractivity contribution in [2.24, 2.45) is 11.7 Å². The number of fused-ring (bicyclic) bond motifs is 1. The van der Waals surface area contributed by atoms with Gasteiger partial charge in [0.1, 0.15) is 0 Å². The van der Waals surface area contributed by atoms with Crippen molar-refractivity contribution in [1.29, 1.82) is 0 Å². The van der Waals surface area contributed by atoms with E-state index in [-0.39, 0.29) is 6.04 Å². The van der Waals surface area contributed by atoms with E-state index in [1.165, 1.54) is 16.5 Å². The summed E-state index contributed by atoms with van der Waals surface area (Å²) in [5, 5.41) is 1.25. The van der Waals surface area contributed by atoms with Crippen LogP contribution in [0.4, 0.5) is 0 Å². The fourth-order valence-corrected chi connectivity index (χ4v) is 1.86. The molecule has 0 saturated carbocycles. The van der Waals surface area contributed by atoms with Gasteiger partial charge >= 0.3 is 0 Å². The summed E-state index contributed by atoms with van der Waals surface area (Å²) in [5.41, 5.74) is 8.59. The Morgan fingerprint density at radius 2 is 2.13 bits per heavy atom. The topological polar surface area (TPSA) is 41.8 Å². The maximum atomic E-state index is 6.19. The molecule has 1 unspecified atom stereocenters. The van der Waals surface area contributed by atoms with Crippen LogP contribution in [0.15, 0.2) is 30.5 Å². The molecule has 2 aromatic rings. The normalized spacial score (nSPS) is 15.4. The Balaban J connectivity index is 2.35. The number of nitrogens with two attached hydrogens (primary N) is 1. The zero-order valence-electron chi connectivity index (χ0n) is 9.33. The summed E-state index contributed by atoms with van der Waals surface area (Å²) in [5.74, 6) is 0.525. The SMILES string of the molecule is CCC(C)[C@H](N)c1ccc2cc[nH]c2c1. The lowest BCUT2D eigenvalue weighted by molar-refractivity contribution is 0.457. The summed E-state index contributed by atoms with van der Waals surface area (Å²) >= 11 is 0. The van der Waals surface area contributed by atoms with Gasteiger partial charge in [0.2, 0.25) is 0 Å². The Morgan fingerprint density at radius 3 is 2.87 bits per heavy atom. The molecule has 0 amide bonds. The maximum Gasteiger partial charge on any atom is 0.0457 e. The van der Waals surface area contributed by atoms with Crippen LogP contribution in [0.1, 0.15) is 31.9 Å². The van der Waals surface area contributed by atoms with Gasteiger partial charge in [-0.2, -0.15) is 0 Å². The Morgan fingerprint density at radius 1 is 1.33 bits per heavy atom. The van der Waals surface area contributed by atoms with Gasteiger partial charge in [-0.15, -0.1) is 0 Å². The highest BCUT2D eigenvalue weighted by molar-refractivity contribution is 5.79. The minimum absolute atomic E-state index is 0.141. The fourth-order valence-electron chi connectivity index (χ4n) is 1.86. The number of hydrogen-bond donors (Lipinski definition) is 2. The highest BCUT2D eigenvalue weighted by atomic mass is 14.7. The molecular formula is C13H18N2. The first-order chi connectivity index (χ1) is 7.22. The molecule has 0 aliphatic rings. The van der Waals surface area contributed by atoms with Crippen molar-refractivity contribution in [3.05, 3.63) is 36.0 Å². The summed E-state index contributed by atoms with van der Waals surface area (Å²) in [6.45, 7) is 4.38. The van der Waals surface area contributed by atoms with Crippen molar-refractivity contribution in [3.8, 4) is 0 Å². The van der Waals surface area contributed by atoms with E-state index in [1.54, 1.807) is 0 Å². The van der Waals surface area contributed by atoms with Crippen LogP contribution in [0.25, 0.3) is 10.9 Å². The van der Waals surface area contributed by atoms with E-state index in [0.717, 1.165) is 6.42 Å². The molecule has 2 rings (SSSR count). The lowest BCUT2D eigenvalue weighted by Crippen LogP contribution is -2.18. The molecule has 3 N–H and O–H groups in total. The fraction of sp³-hybridized carbons (Fsp3) is 0.385. The number of rotatable bonds is 3. The average molecular weight is 202 g/mol. The number of H-pyrrole nitrogens is 1. The van der Waals surface area contributed by atoms with Crippen molar-refractivity contribution >= 4 is 10.9 Å². The molecule has 2 atom stereocenters. The van der Waals surface area contributed by atoms with Crippen LogP contribution in [0, 0.1) is 5.92 Å². The van der Waals surface area contributed by atoms with Gasteiger partial charge in [-0.25, -0.2) is 0 Å². The van der Waals surface area contributed by atoms with Gasteiger partial charge in [0.25, 0.3) is 0 Å². The van der Waals surface area contributed by atoms with Crippen LogP contribution in [-0.2, 0) is 0 Å². The number of hydrogen-bond acceptors (Lipinski definition) is 1. The summed E-state index contributed by atoms with van der Waals surface area (Å²) in [4.78, 5) is 3.22. The van der Waals surface area contributed by atoms with Crippen LogP contribution in [-0.4, -0.2) is 4.98 Å². The Hall–Kier alpha value is -1.28. The van der Waals surface area contributed by atoms with E-state index in [4.69, 9.17) is 5.73 Å². The summed E-state index contributed by atoms with van der Waals surface area (Å²) < 4.78 is 0. The lowest BCUT2D eigenvalue weighted by atomic mass is 9.93. The second kappa shape index (κ2) is 4.07. The van der Waals surface area contributed by atoms with Crippen molar-refractivity contribution in [1.82, 2.24) is 4.98 Å². The summed E-state index contributed by atoms with van der Waals surface area (Å²) in [6, 6.07) is 8.64. The predicted molar refractivity (Wildman–Crippen MR) is 64.7 cm³/mol. The monoisotopic (exact) mass is 202 g/mol. The van der Waals surface area contributed by atoms with Gasteiger partial charge in [0.15, 0.2) is 0 Å². The van der Waals surface area contributed by atoms with Crippen LogP contribution in [0.2, 0.25) is 0 Å². The molecule has 2 nitrogen and oxygen atoms in total. The van der Waals surface area contributed by atoms with Crippen LogP contribution in [0.5, 0.6) is 0 Å². The van der Waals surface area contributed by atoms with Crippen molar-refractivity contribution in [3.63, 3.8) is 0 Å². The molecule has 0 fully saturated rings. The minimum Gasteiger partial charge on any atom is -0.361 e. The third-order valence-electron chi connectivity index (χ3n) is 3.22. The first-order valence-corrected chi connectivity index (χ1v) is 5.55. The summed E-state index contributed by atoms with van der Waals surface area (Å²) in [7, 11) is 0. The Kier molecular flexibility index (Phi) is 2.78. The molecule has 0 saturated heterocycles. The second-order valence-corrected chi connectivity index (χ2v) is 4.24. The molecule has 0 spiro atoms. The molecule has 15 heavy (non-hydrogen) atoms. The standard InChI is InChI=1S/C13H18N2/c1-3-9(2)13(14)11-5-4-10-6-7-15-12(10)8-11/h4-9,13,15H,3,14H2,1-2H3/t9?,13-/m0/s1. The number of aromatic nitrogens is 1. The van der Waals surface area contributed by atoms with E-state index in [9.17, 15) is 0 Å². The van der Waals surface area contributed by atoms with E-state index < -0.39 is 0 Å². The van der Waals surface area contributed by atoms with Gasteiger partial charge in [-0.05, 0) is 29.0 Å². The molecule has 0 aliphatic heterocycles. The van der Waals surface area contributed by atoms with E-state index in [0.29, 0.717) is 5.92 Å². The summed E-state index contributed by atoms with van der Waals surface area (Å²) in [6.07, 6.45) is 3.08. The molecule has 2 heteroatoms. The quantitative estimate of drug-likeness (QED) is 0.788. The molecule has 0 radical (unpaired) electrons. The Labute approximate surface area is 90.5 Å². The zero-order chi connectivity index (χ0) is 10.8. The van der Waals surface area contributed by atoms with E-state index in [2.05, 4.69) is 43.1 Å². The van der Waals surface area contributed by atoms with Gasteiger partial charge in [-0.1, -0.05) is 32.4 Å². The van der Waals surface area contributed by atoms with Crippen LogP contribution >= 0.6 is 0 Å². The van der Waals surface area contributed by atoms with Gasteiger partial charge in [0.05, 0.1) is 0 Å². The van der Waals surface area contributed by atoms with E-state index in [1.807, 2.05) is 6.20 Å². The van der Waals surface area contributed by atoms with Gasteiger partial charge in [0, 0.05) is 17.8 Å². The van der Waals surface area contributed by atoms with Gasteiger partial charge < -0.3 is 10.7 Å². The lowest BCUT2D eigenvalue weighted by Gasteiger charge is -2.18. The van der Waals surface area contributed by atoms with Gasteiger partial charge in [-0.3, -0.25) is 0 Å². The molecule has 1 aromatic carbocycles.